The molecule has 0 N–H and O–H groups in total. The average molecular weight is 292 g/mol. The Labute approximate surface area is 122 Å². The van der Waals surface area contributed by atoms with Gasteiger partial charge in [0.25, 0.3) is 0 Å². The third kappa shape index (κ3) is 4.78. The second kappa shape index (κ2) is 7.80. The van der Waals surface area contributed by atoms with E-state index in [1.54, 1.807) is 31.0 Å². The van der Waals surface area contributed by atoms with Crippen molar-refractivity contribution in [3.8, 4) is 11.5 Å². The summed E-state index contributed by atoms with van der Waals surface area (Å²) in [6, 6.07) is 14.1. The molecule has 0 aromatic heterocycles. The van der Waals surface area contributed by atoms with Gasteiger partial charge in [-0.05, 0) is 55.0 Å². The van der Waals surface area contributed by atoms with Gasteiger partial charge in [0.15, 0.2) is 0 Å². The minimum Gasteiger partial charge on any atom is -0.497 e. The molecule has 2 aromatic carbocycles. The van der Waals surface area contributed by atoms with Gasteiger partial charge in [-0.2, -0.15) is 0 Å². The van der Waals surface area contributed by atoms with Gasteiger partial charge >= 0.3 is 0 Å². The van der Waals surface area contributed by atoms with Crippen LogP contribution in [0.4, 0.5) is 4.39 Å². The highest BCUT2D eigenvalue weighted by molar-refractivity contribution is 7.99. The van der Waals surface area contributed by atoms with Gasteiger partial charge in [-0.3, -0.25) is 0 Å². The molecule has 106 valence electrons. The zero-order valence-electron chi connectivity index (χ0n) is 11.3. The first-order chi connectivity index (χ1) is 9.78. The lowest BCUT2D eigenvalue weighted by Crippen LogP contribution is -1.98. The first-order valence-corrected chi connectivity index (χ1v) is 7.42. The number of hydrogen-bond donors (Lipinski definition) is 0. The van der Waals surface area contributed by atoms with Crippen LogP contribution >= 0.6 is 11.8 Å². The summed E-state index contributed by atoms with van der Waals surface area (Å²) in [5.74, 6) is 2.32. The third-order valence-corrected chi connectivity index (χ3v) is 3.80. The second-order valence-corrected chi connectivity index (χ2v) is 5.35. The van der Waals surface area contributed by atoms with Gasteiger partial charge in [-0.25, -0.2) is 4.39 Å². The zero-order valence-corrected chi connectivity index (χ0v) is 12.2. The van der Waals surface area contributed by atoms with E-state index in [9.17, 15) is 4.39 Å². The molecule has 0 fully saturated rings. The smallest absolute Gasteiger partial charge is 0.123 e. The largest absolute Gasteiger partial charge is 0.497 e. The van der Waals surface area contributed by atoms with Crippen molar-refractivity contribution in [2.24, 2.45) is 0 Å². The molecule has 0 radical (unpaired) electrons. The van der Waals surface area contributed by atoms with Crippen LogP contribution in [-0.4, -0.2) is 19.5 Å². The standard InChI is InChI=1S/C16H17FO2S/c1-18-14-7-9-16(10-8-14)20-12-2-11-19-15-5-3-13(17)4-6-15/h3-10H,2,11-12H2,1H3. The van der Waals surface area contributed by atoms with Crippen LogP contribution in [0.3, 0.4) is 0 Å². The predicted molar refractivity (Wildman–Crippen MR) is 80.2 cm³/mol. The molecular formula is C16H17FO2S. The monoisotopic (exact) mass is 292 g/mol. The number of halogens is 1. The van der Waals surface area contributed by atoms with Crippen molar-refractivity contribution in [2.75, 3.05) is 19.5 Å². The van der Waals surface area contributed by atoms with E-state index in [-0.39, 0.29) is 5.82 Å². The highest BCUT2D eigenvalue weighted by Gasteiger charge is 1.97. The fourth-order valence-corrected chi connectivity index (χ4v) is 2.47. The molecule has 0 heterocycles. The molecule has 0 aliphatic carbocycles. The Kier molecular flexibility index (Phi) is 5.74. The van der Waals surface area contributed by atoms with E-state index in [1.165, 1.54) is 17.0 Å². The molecule has 2 aromatic rings. The van der Waals surface area contributed by atoms with Crippen LogP contribution in [0.2, 0.25) is 0 Å². The minimum atomic E-state index is -0.243. The van der Waals surface area contributed by atoms with Gasteiger partial charge in [-0.1, -0.05) is 0 Å². The summed E-state index contributed by atoms with van der Waals surface area (Å²) in [4.78, 5) is 1.22. The van der Waals surface area contributed by atoms with Gasteiger partial charge < -0.3 is 9.47 Å². The Hall–Kier alpha value is -1.68. The van der Waals surface area contributed by atoms with Crippen LogP contribution in [0.25, 0.3) is 0 Å². The van der Waals surface area contributed by atoms with Gasteiger partial charge in [0, 0.05) is 10.6 Å². The Balaban J connectivity index is 1.64. The molecule has 0 saturated carbocycles. The maximum absolute atomic E-state index is 12.7. The van der Waals surface area contributed by atoms with Crippen molar-refractivity contribution in [1.82, 2.24) is 0 Å². The molecule has 2 rings (SSSR count). The third-order valence-electron chi connectivity index (χ3n) is 2.70. The molecule has 0 unspecified atom stereocenters. The maximum atomic E-state index is 12.7. The summed E-state index contributed by atoms with van der Waals surface area (Å²) in [6.07, 6.45) is 0.939. The lowest BCUT2D eigenvalue weighted by Gasteiger charge is -2.06. The molecule has 2 nitrogen and oxygen atoms in total. The van der Waals surface area contributed by atoms with E-state index in [2.05, 4.69) is 0 Å². The molecule has 0 aliphatic rings. The van der Waals surface area contributed by atoms with Crippen molar-refractivity contribution >= 4 is 11.8 Å². The minimum absolute atomic E-state index is 0.243. The Morgan fingerprint density at radius 3 is 2.25 bits per heavy atom. The highest BCUT2D eigenvalue weighted by Crippen LogP contribution is 2.22. The normalized spacial score (nSPS) is 10.3. The SMILES string of the molecule is COc1ccc(SCCCOc2ccc(F)cc2)cc1. The van der Waals surface area contributed by atoms with E-state index < -0.39 is 0 Å². The lowest BCUT2D eigenvalue weighted by molar-refractivity contribution is 0.318. The van der Waals surface area contributed by atoms with Crippen molar-refractivity contribution in [2.45, 2.75) is 11.3 Å². The van der Waals surface area contributed by atoms with Crippen LogP contribution in [0.15, 0.2) is 53.4 Å². The zero-order chi connectivity index (χ0) is 14.2. The molecule has 0 bridgehead atoms. The van der Waals surface area contributed by atoms with E-state index in [1.807, 2.05) is 24.3 Å². The Bertz CT molecular complexity index is 511. The highest BCUT2D eigenvalue weighted by atomic mass is 32.2. The summed E-state index contributed by atoms with van der Waals surface area (Å²) < 4.78 is 23.4. The lowest BCUT2D eigenvalue weighted by atomic mass is 10.3. The van der Waals surface area contributed by atoms with Crippen molar-refractivity contribution in [3.63, 3.8) is 0 Å². The predicted octanol–water partition coefficient (Wildman–Crippen LogP) is 4.40. The number of methoxy groups -OCH3 is 1. The number of rotatable bonds is 7. The number of thioether (sulfide) groups is 1. The van der Waals surface area contributed by atoms with Crippen LogP contribution in [-0.2, 0) is 0 Å². The number of hydrogen-bond acceptors (Lipinski definition) is 3. The molecule has 0 atom stereocenters. The quantitative estimate of drug-likeness (QED) is 0.557. The fourth-order valence-electron chi connectivity index (χ4n) is 1.64. The summed E-state index contributed by atoms with van der Waals surface area (Å²) >= 11 is 1.78. The van der Waals surface area contributed by atoms with E-state index in [4.69, 9.17) is 9.47 Å². The van der Waals surface area contributed by atoms with E-state index >= 15 is 0 Å². The molecule has 0 aliphatic heterocycles. The first kappa shape index (κ1) is 14.7. The van der Waals surface area contributed by atoms with Crippen molar-refractivity contribution < 1.29 is 13.9 Å². The van der Waals surface area contributed by atoms with Gasteiger partial charge in [0.05, 0.1) is 13.7 Å². The maximum Gasteiger partial charge on any atom is 0.123 e. The Morgan fingerprint density at radius 1 is 0.950 bits per heavy atom. The molecule has 0 saturated heterocycles. The average Bonchev–Trinajstić information content (AvgIpc) is 2.49. The second-order valence-electron chi connectivity index (χ2n) is 4.18. The van der Waals surface area contributed by atoms with Crippen LogP contribution in [0, 0.1) is 5.82 Å². The van der Waals surface area contributed by atoms with E-state index in [0.717, 1.165) is 17.9 Å². The van der Waals surface area contributed by atoms with Crippen LogP contribution < -0.4 is 9.47 Å². The summed E-state index contributed by atoms with van der Waals surface area (Å²) in [7, 11) is 1.66. The Morgan fingerprint density at radius 2 is 1.60 bits per heavy atom. The van der Waals surface area contributed by atoms with Crippen LogP contribution in [0.5, 0.6) is 11.5 Å². The van der Waals surface area contributed by atoms with Gasteiger partial charge in [-0.15, -0.1) is 11.8 Å². The first-order valence-electron chi connectivity index (χ1n) is 6.43. The fraction of sp³-hybridized carbons (Fsp3) is 0.250. The topological polar surface area (TPSA) is 18.5 Å². The van der Waals surface area contributed by atoms with Gasteiger partial charge in [0.2, 0.25) is 0 Å². The van der Waals surface area contributed by atoms with Crippen molar-refractivity contribution in [3.05, 3.63) is 54.3 Å². The van der Waals surface area contributed by atoms with Crippen molar-refractivity contribution in [1.29, 1.82) is 0 Å². The molecule has 0 amide bonds. The molecule has 0 spiro atoms. The summed E-state index contributed by atoms with van der Waals surface area (Å²) in [6.45, 7) is 0.634. The number of benzene rings is 2. The summed E-state index contributed by atoms with van der Waals surface area (Å²) in [5, 5.41) is 0. The summed E-state index contributed by atoms with van der Waals surface area (Å²) in [5.41, 5.74) is 0. The molecule has 4 heteroatoms. The number of ether oxygens (including phenoxy) is 2. The van der Waals surface area contributed by atoms with E-state index in [0.29, 0.717) is 12.4 Å². The van der Waals surface area contributed by atoms with Gasteiger partial charge in [0.1, 0.15) is 17.3 Å². The molecular weight excluding hydrogens is 275 g/mol. The molecule has 20 heavy (non-hydrogen) atoms. The van der Waals surface area contributed by atoms with Crippen LogP contribution in [0.1, 0.15) is 6.42 Å².